The average molecular weight is 235 g/mol. The molecule has 1 rings (SSSR count). The Bertz CT molecular complexity index is 387. The Morgan fingerprint density at radius 1 is 1.24 bits per heavy atom. The number of likely N-dealkylation sites (N-methyl/N-ethyl adjacent to an activating group) is 1. The van der Waals surface area contributed by atoms with Crippen molar-refractivity contribution in [2.24, 2.45) is 5.73 Å². The number of carbonyl (C=O) groups is 2. The number of hydrogen-bond donors (Lipinski definition) is 3. The lowest BCUT2D eigenvalue weighted by Crippen LogP contribution is -2.27. The summed E-state index contributed by atoms with van der Waals surface area (Å²) < 4.78 is 0. The van der Waals surface area contributed by atoms with E-state index in [0.717, 1.165) is 12.1 Å². The number of carbonyl (C=O) groups excluding carboxylic acids is 2. The third-order valence-corrected chi connectivity index (χ3v) is 2.15. The molecule has 1 aromatic carbocycles. The number of benzene rings is 1. The molecular formula is C12H17N3O2. The van der Waals surface area contributed by atoms with Gasteiger partial charge in [0.15, 0.2) is 0 Å². The van der Waals surface area contributed by atoms with Gasteiger partial charge in [0.05, 0.1) is 13.0 Å². The molecule has 2 amide bonds. The largest absolute Gasteiger partial charge is 0.369 e. The molecule has 5 heteroatoms. The number of nitrogens with one attached hydrogen (secondary N) is 2. The summed E-state index contributed by atoms with van der Waals surface area (Å²) >= 11 is 0. The minimum Gasteiger partial charge on any atom is -0.369 e. The van der Waals surface area contributed by atoms with Crippen molar-refractivity contribution in [3.8, 4) is 0 Å². The van der Waals surface area contributed by atoms with Gasteiger partial charge in [-0.2, -0.15) is 0 Å². The third kappa shape index (κ3) is 5.12. The van der Waals surface area contributed by atoms with E-state index in [0.29, 0.717) is 12.2 Å². The fourth-order valence-corrected chi connectivity index (χ4v) is 1.35. The highest BCUT2D eigenvalue weighted by atomic mass is 16.2. The van der Waals surface area contributed by atoms with Crippen molar-refractivity contribution in [1.29, 1.82) is 0 Å². The number of nitrogens with two attached hydrogens (primary N) is 1. The fraction of sp³-hybridized carbons (Fsp3) is 0.333. The maximum Gasteiger partial charge on any atom is 0.238 e. The van der Waals surface area contributed by atoms with Crippen molar-refractivity contribution in [2.75, 3.05) is 18.4 Å². The van der Waals surface area contributed by atoms with E-state index in [1.807, 2.05) is 6.92 Å². The minimum atomic E-state index is -0.367. The zero-order valence-corrected chi connectivity index (χ0v) is 9.82. The zero-order chi connectivity index (χ0) is 12.7. The second kappa shape index (κ2) is 6.65. The van der Waals surface area contributed by atoms with Gasteiger partial charge in [0.25, 0.3) is 0 Å². The molecule has 92 valence electrons. The Morgan fingerprint density at radius 3 is 2.41 bits per heavy atom. The molecule has 0 aliphatic heterocycles. The van der Waals surface area contributed by atoms with E-state index >= 15 is 0 Å². The molecule has 5 nitrogen and oxygen atoms in total. The van der Waals surface area contributed by atoms with Crippen LogP contribution in [0.3, 0.4) is 0 Å². The highest BCUT2D eigenvalue weighted by molar-refractivity contribution is 5.92. The quantitative estimate of drug-likeness (QED) is 0.661. The van der Waals surface area contributed by atoms with Crippen LogP contribution in [-0.2, 0) is 16.0 Å². The summed E-state index contributed by atoms with van der Waals surface area (Å²) in [5, 5.41) is 5.67. The van der Waals surface area contributed by atoms with Gasteiger partial charge in [-0.1, -0.05) is 19.1 Å². The lowest BCUT2D eigenvalue weighted by Gasteiger charge is -2.06. The van der Waals surface area contributed by atoms with Crippen LogP contribution in [0.15, 0.2) is 24.3 Å². The number of rotatable bonds is 6. The summed E-state index contributed by atoms with van der Waals surface area (Å²) in [6.07, 6.45) is 0.214. The summed E-state index contributed by atoms with van der Waals surface area (Å²) in [6, 6.07) is 7.05. The first-order chi connectivity index (χ1) is 8.11. The smallest absolute Gasteiger partial charge is 0.238 e. The highest BCUT2D eigenvalue weighted by Crippen LogP contribution is 2.09. The molecule has 0 aliphatic rings. The van der Waals surface area contributed by atoms with Gasteiger partial charge in [-0.05, 0) is 24.2 Å². The van der Waals surface area contributed by atoms with Crippen LogP contribution in [-0.4, -0.2) is 24.9 Å². The molecule has 0 saturated heterocycles. The molecule has 0 bridgehead atoms. The van der Waals surface area contributed by atoms with Crippen molar-refractivity contribution in [3.05, 3.63) is 29.8 Å². The number of hydrogen-bond acceptors (Lipinski definition) is 3. The van der Waals surface area contributed by atoms with Gasteiger partial charge >= 0.3 is 0 Å². The molecule has 0 spiro atoms. The molecule has 0 heterocycles. The standard InChI is InChI=1S/C12H17N3O2/c1-2-14-8-12(17)15-10-5-3-9(4-6-10)7-11(13)16/h3-6,14H,2,7-8H2,1H3,(H2,13,16)(H,15,17). The Labute approximate surface area is 100 Å². The fourth-order valence-electron chi connectivity index (χ4n) is 1.35. The van der Waals surface area contributed by atoms with Gasteiger partial charge < -0.3 is 16.4 Å². The second-order valence-corrected chi connectivity index (χ2v) is 3.67. The van der Waals surface area contributed by atoms with Crippen LogP contribution in [0.2, 0.25) is 0 Å². The summed E-state index contributed by atoms with van der Waals surface area (Å²) in [7, 11) is 0. The first-order valence-electron chi connectivity index (χ1n) is 5.49. The summed E-state index contributed by atoms with van der Waals surface area (Å²) in [5.41, 5.74) is 6.63. The van der Waals surface area contributed by atoms with E-state index in [1.54, 1.807) is 24.3 Å². The lowest BCUT2D eigenvalue weighted by atomic mass is 10.1. The van der Waals surface area contributed by atoms with Gasteiger partial charge in [0, 0.05) is 5.69 Å². The van der Waals surface area contributed by atoms with Crippen LogP contribution < -0.4 is 16.4 Å². The Kier molecular flexibility index (Phi) is 5.16. The molecule has 0 atom stereocenters. The molecule has 0 fully saturated rings. The van der Waals surface area contributed by atoms with Gasteiger partial charge in [-0.25, -0.2) is 0 Å². The van der Waals surface area contributed by atoms with Crippen LogP contribution in [0.1, 0.15) is 12.5 Å². The van der Waals surface area contributed by atoms with Gasteiger partial charge in [0.1, 0.15) is 0 Å². The first-order valence-corrected chi connectivity index (χ1v) is 5.49. The SMILES string of the molecule is CCNCC(=O)Nc1ccc(CC(N)=O)cc1. The topological polar surface area (TPSA) is 84.2 Å². The van der Waals surface area contributed by atoms with Gasteiger partial charge in [-0.3, -0.25) is 9.59 Å². The van der Waals surface area contributed by atoms with Crippen molar-refractivity contribution < 1.29 is 9.59 Å². The van der Waals surface area contributed by atoms with Crippen LogP contribution in [0.4, 0.5) is 5.69 Å². The number of anilines is 1. The Morgan fingerprint density at radius 2 is 1.88 bits per heavy atom. The molecule has 0 unspecified atom stereocenters. The van der Waals surface area contributed by atoms with Crippen molar-refractivity contribution in [1.82, 2.24) is 5.32 Å². The normalized spacial score (nSPS) is 9.94. The molecule has 0 saturated carbocycles. The minimum absolute atomic E-state index is 0.0884. The predicted octanol–water partition coefficient (Wildman–Crippen LogP) is 0.262. The van der Waals surface area contributed by atoms with Crippen molar-refractivity contribution >= 4 is 17.5 Å². The van der Waals surface area contributed by atoms with Gasteiger partial charge in [0.2, 0.25) is 11.8 Å². The summed E-state index contributed by atoms with van der Waals surface area (Å²) in [6.45, 7) is 2.98. The molecule has 0 aliphatic carbocycles. The molecule has 0 radical (unpaired) electrons. The molecular weight excluding hydrogens is 218 g/mol. The number of primary amides is 1. The summed E-state index contributed by atoms with van der Waals surface area (Å²) in [5.74, 6) is -0.455. The van der Waals surface area contributed by atoms with Crippen LogP contribution in [0.25, 0.3) is 0 Å². The highest BCUT2D eigenvalue weighted by Gasteiger charge is 2.02. The Hall–Kier alpha value is -1.88. The first kappa shape index (κ1) is 13.2. The Balaban J connectivity index is 2.50. The predicted molar refractivity (Wildman–Crippen MR) is 66.5 cm³/mol. The van der Waals surface area contributed by atoms with E-state index in [-0.39, 0.29) is 18.2 Å². The third-order valence-electron chi connectivity index (χ3n) is 2.15. The maximum absolute atomic E-state index is 11.4. The zero-order valence-electron chi connectivity index (χ0n) is 9.82. The van der Waals surface area contributed by atoms with E-state index in [9.17, 15) is 9.59 Å². The lowest BCUT2D eigenvalue weighted by molar-refractivity contribution is -0.117. The van der Waals surface area contributed by atoms with Crippen molar-refractivity contribution in [2.45, 2.75) is 13.3 Å². The second-order valence-electron chi connectivity index (χ2n) is 3.67. The van der Waals surface area contributed by atoms with Crippen LogP contribution in [0, 0.1) is 0 Å². The maximum atomic E-state index is 11.4. The van der Waals surface area contributed by atoms with E-state index in [1.165, 1.54) is 0 Å². The van der Waals surface area contributed by atoms with Crippen molar-refractivity contribution in [3.63, 3.8) is 0 Å². The summed E-state index contributed by atoms with van der Waals surface area (Å²) in [4.78, 5) is 22.1. The van der Waals surface area contributed by atoms with E-state index in [2.05, 4.69) is 10.6 Å². The van der Waals surface area contributed by atoms with E-state index in [4.69, 9.17) is 5.73 Å². The average Bonchev–Trinajstić information content (AvgIpc) is 2.28. The van der Waals surface area contributed by atoms with Crippen LogP contribution >= 0.6 is 0 Å². The van der Waals surface area contributed by atoms with Gasteiger partial charge in [-0.15, -0.1) is 0 Å². The molecule has 17 heavy (non-hydrogen) atoms. The van der Waals surface area contributed by atoms with E-state index < -0.39 is 0 Å². The molecule has 1 aromatic rings. The molecule has 4 N–H and O–H groups in total. The van der Waals surface area contributed by atoms with Crippen LogP contribution in [0.5, 0.6) is 0 Å². The molecule has 0 aromatic heterocycles. The monoisotopic (exact) mass is 235 g/mol. The number of amides is 2.